The summed E-state index contributed by atoms with van der Waals surface area (Å²) in [6.07, 6.45) is 79.5. The minimum atomic E-state index is -0.844. The maximum Gasteiger partial charge on any atom is 0.306 e. The van der Waals surface area contributed by atoms with E-state index in [1.807, 2.05) is 85.1 Å². The molecule has 6 heteroatoms. The first-order valence-corrected chi connectivity index (χ1v) is 26.6. The Hall–Kier alpha value is -4.97. The third-order valence-electron chi connectivity index (χ3n) is 10.5. The van der Waals surface area contributed by atoms with Crippen molar-refractivity contribution in [1.29, 1.82) is 0 Å². The van der Waals surface area contributed by atoms with Crippen molar-refractivity contribution in [2.24, 2.45) is 0 Å². The van der Waals surface area contributed by atoms with Gasteiger partial charge in [0.2, 0.25) is 0 Å². The highest BCUT2D eigenvalue weighted by Crippen LogP contribution is 2.13. The van der Waals surface area contributed by atoms with Crippen LogP contribution < -0.4 is 0 Å². The molecule has 0 fully saturated rings. The Morgan fingerprint density at radius 2 is 0.676 bits per heavy atom. The molecule has 0 amide bonds. The van der Waals surface area contributed by atoms with E-state index in [1.165, 1.54) is 57.8 Å². The SMILES string of the molecule is CC\C=C/C=C\C=C/C=C\C=C\C=C/C=C\CCCCCC(=O)OCC(COC(=O)CCCCCCCCCCCCCC)OC(=O)CC/C=C\C/C=C\C/C=C\C/C=C\C/C=C\C/C=C\CC. The molecule has 0 aromatic rings. The van der Waals surface area contributed by atoms with E-state index in [0.29, 0.717) is 19.3 Å². The smallest absolute Gasteiger partial charge is 0.306 e. The van der Waals surface area contributed by atoms with Crippen molar-refractivity contribution in [3.05, 3.63) is 158 Å². The van der Waals surface area contributed by atoms with Gasteiger partial charge in [-0.2, -0.15) is 0 Å². The number of allylic oxidation sites excluding steroid dienone is 26. The molecular weight excluding hydrogens is 841 g/mol. The number of unbranched alkanes of at least 4 members (excludes halogenated alkanes) is 14. The number of hydrogen-bond acceptors (Lipinski definition) is 6. The maximum atomic E-state index is 12.8. The first-order valence-electron chi connectivity index (χ1n) is 26.6. The first kappa shape index (κ1) is 63.0. The molecule has 1 unspecified atom stereocenters. The normalized spacial score (nSPS) is 13.4. The Labute approximate surface area is 416 Å². The van der Waals surface area contributed by atoms with Crippen LogP contribution in [0.25, 0.3) is 0 Å². The predicted octanol–water partition coefficient (Wildman–Crippen LogP) is 17.8. The van der Waals surface area contributed by atoms with Gasteiger partial charge in [-0.1, -0.05) is 256 Å². The van der Waals surface area contributed by atoms with Crippen LogP contribution in [0.5, 0.6) is 0 Å². The van der Waals surface area contributed by atoms with Gasteiger partial charge in [-0.3, -0.25) is 14.4 Å². The van der Waals surface area contributed by atoms with Gasteiger partial charge < -0.3 is 14.2 Å². The van der Waals surface area contributed by atoms with Gasteiger partial charge in [0.15, 0.2) is 6.10 Å². The Morgan fingerprint density at radius 3 is 1.10 bits per heavy atom. The molecule has 0 radical (unpaired) electrons. The summed E-state index contributed by atoms with van der Waals surface area (Å²) in [4.78, 5) is 38.0. The minimum absolute atomic E-state index is 0.129. The Morgan fingerprint density at radius 1 is 0.324 bits per heavy atom. The van der Waals surface area contributed by atoms with Crippen LogP contribution >= 0.6 is 0 Å². The molecule has 378 valence electrons. The number of hydrogen-bond donors (Lipinski definition) is 0. The summed E-state index contributed by atoms with van der Waals surface area (Å²) in [7, 11) is 0. The zero-order valence-electron chi connectivity index (χ0n) is 43.0. The van der Waals surface area contributed by atoms with Crippen LogP contribution in [0.2, 0.25) is 0 Å². The Kier molecular flexibility index (Phi) is 50.6. The number of esters is 3. The van der Waals surface area contributed by atoms with Crippen molar-refractivity contribution in [3.8, 4) is 0 Å². The van der Waals surface area contributed by atoms with Crippen molar-refractivity contribution in [2.45, 2.75) is 200 Å². The lowest BCUT2D eigenvalue weighted by atomic mass is 10.0. The molecule has 0 aliphatic rings. The van der Waals surface area contributed by atoms with Gasteiger partial charge in [-0.05, 0) is 77.0 Å². The molecule has 68 heavy (non-hydrogen) atoms. The van der Waals surface area contributed by atoms with E-state index in [-0.39, 0.29) is 38.0 Å². The van der Waals surface area contributed by atoms with E-state index in [2.05, 4.69) is 93.7 Å². The Balaban J connectivity index is 4.64. The largest absolute Gasteiger partial charge is 0.462 e. The van der Waals surface area contributed by atoms with E-state index in [1.54, 1.807) is 0 Å². The quantitative estimate of drug-likeness (QED) is 0.0199. The second-order valence-corrected chi connectivity index (χ2v) is 16.9. The highest BCUT2D eigenvalue weighted by atomic mass is 16.6. The van der Waals surface area contributed by atoms with Crippen molar-refractivity contribution < 1.29 is 28.6 Å². The van der Waals surface area contributed by atoms with Gasteiger partial charge >= 0.3 is 17.9 Å². The summed E-state index contributed by atoms with van der Waals surface area (Å²) in [6.45, 7) is 6.25. The van der Waals surface area contributed by atoms with E-state index in [9.17, 15) is 14.4 Å². The van der Waals surface area contributed by atoms with Crippen LogP contribution in [0.4, 0.5) is 0 Å². The fourth-order valence-corrected chi connectivity index (χ4v) is 6.57. The van der Waals surface area contributed by atoms with E-state index < -0.39 is 12.1 Å². The first-order chi connectivity index (χ1) is 33.5. The predicted molar refractivity (Wildman–Crippen MR) is 292 cm³/mol. The van der Waals surface area contributed by atoms with E-state index in [0.717, 1.165) is 83.5 Å². The third kappa shape index (κ3) is 52.0. The molecule has 0 saturated heterocycles. The summed E-state index contributed by atoms with van der Waals surface area (Å²) in [5, 5.41) is 0. The molecule has 0 heterocycles. The fourth-order valence-electron chi connectivity index (χ4n) is 6.57. The number of carbonyl (C=O) groups is 3. The lowest BCUT2D eigenvalue weighted by molar-refractivity contribution is -0.166. The van der Waals surface area contributed by atoms with E-state index in [4.69, 9.17) is 14.2 Å². The molecule has 0 aromatic heterocycles. The van der Waals surface area contributed by atoms with Crippen LogP contribution in [0.1, 0.15) is 194 Å². The molecule has 0 aliphatic carbocycles. The van der Waals surface area contributed by atoms with Crippen LogP contribution in [-0.4, -0.2) is 37.2 Å². The van der Waals surface area contributed by atoms with Crippen LogP contribution in [0.15, 0.2) is 158 Å². The van der Waals surface area contributed by atoms with Crippen LogP contribution in [0, 0.1) is 0 Å². The molecule has 0 aliphatic heterocycles. The van der Waals surface area contributed by atoms with Gasteiger partial charge in [-0.15, -0.1) is 0 Å². The summed E-state index contributed by atoms with van der Waals surface area (Å²) < 4.78 is 16.7. The lowest BCUT2D eigenvalue weighted by Gasteiger charge is -2.18. The average Bonchev–Trinajstić information content (AvgIpc) is 3.34. The topological polar surface area (TPSA) is 78.9 Å². The van der Waals surface area contributed by atoms with Crippen molar-refractivity contribution in [2.75, 3.05) is 13.2 Å². The number of carbonyl (C=O) groups excluding carboxylic acids is 3. The number of rotatable bonds is 45. The summed E-state index contributed by atoms with van der Waals surface area (Å²) >= 11 is 0. The van der Waals surface area contributed by atoms with Crippen LogP contribution in [-0.2, 0) is 28.6 Å². The zero-order valence-corrected chi connectivity index (χ0v) is 43.0. The van der Waals surface area contributed by atoms with Gasteiger partial charge in [0.1, 0.15) is 13.2 Å². The molecule has 0 N–H and O–H groups in total. The fraction of sp³-hybridized carbons (Fsp3) is 0.532. The zero-order chi connectivity index (χ0) is 49.3. The molecule has 0 bridgehead atoms. The molecule has 0 aromatic carbocycles. The van der Waals surface area contributed by atoms with Gasteiger partial charge in [0, 0.05) is 19.3 Å². The monoisotopic (exact) mass is 935 g/mol. The molecule has 6 nitrogen and oxygen atoms in total. The van der Waals surface area contributed by atoms with E-state index >= 15 is 0 Å². The van der Waals surface area contributed by atoms with Gasteiger partial charge in [0.25, 0.3) is 0 Å². The minimum Gasteiger partial charge on any atom is -0.462 e. The van der Waals surface area contributed by atoms with Crippen molar-refractivity contribution in [1.82, 2.24) is 0 Å². The molecule has 1 atom stereocenters. The van der Waals surface area contributed by atoms with Gasteiger partial charge in [-0.25, -0.2) is 0 Å². The maximum absolute atomic E-state index is 12.8. The Bertz CT molecular complexity index is 1590. The summed E-state index contributed by atoms with van der Waals surface area (Å²) in [5.74, 6) is -1.07. The lowest BCUT2D eigenvalue weighted by Crippen LogP contribution is -2.30. The highest BCUT2D eigenvalue weighted by Gasteiger charge is 2.19. The standard InChI is InChI=1S/C62H94O6/c1-4-7-10-13-16-19-22-25-27-29-31-33-35-37-40-43-46-49-52-55-61(64)67-58-59(57-66-60(63)54-51-48-45-42-39-24-21-18-15-12-9-6-3)68-62(65)56-53-50-47-44-41-38-36-34-32-30-28-26-23-20-17-14-11-8-5-2/h7-8,10-11,13,16-17,19-20,22,25-29,31-35,37-38,40-41,47,50,59H,4-6,9,12,14-15,18,21,23-24,30,36,39,42-46,48-49,51-58H2,1-3H3/b10-7-,11-8-,16-13-,20-17-,22-19-,27-25-,28-26-,31-29+,34-32-,35-33-,40-37-,41-38-,50-47-. The van der Waals surface area contributed by atoms with Crippen molar-refractivity contribution >= 4 is 17.9 Å². The second kappa shape index (κ2) is 54.6. The van der Waals surface area contributed by atoms with Crippen LogP contribution in [0.3, 0.4) is 0 Å². The third-order valence-corrected chi connectivity index (χ3v) is 10.5. The van der Waals surface area contributed by atoms with Crippen molar-refractivity contribution in [3.63, 3.8) is 0 Å². The molecular formula is C62H94O6. The highest BCUT2D eigenvalue weighted by molar-refractivity contribution is 5.71. The molecule has 0 rings (SSSR count). The summed E-state index contributed by atoms with van der Waals surface area (Å²) in [5.41, 5.74) is 0. The molecule has 0 saturated carbocycles. The van der Waals surface area contributed by atoms with Gasteiger partial charge in [0.05, 0.1) is 0 Å². The number of ether oxygens (including phenoxy) is 3. The average molecular weight is 935 g/mol. The second-order valence-electron chi connectivity index (χ2n) is 16.9. The molecule has 0 spiro atoms. The summed E-state index contributed by atoms with van der Waals surface area (Å²) in [6, 6.07) is 0.